The monoisotopic (exact) mass is 330 g/mol. The average Bonchev–Trinajstić information content (AvgIpc) is 3.04. The van der Waals surface area contributed by atoms with Crippen molar-refractivity contribution in [3.63, 3.8) is 0 Å². The Kier molecular flexibility index (Phi) is 4.24. The topological polar surface area (TPSA) is 52.7 Å². The van der Waals surface area contributed by atoms with Crippen molar-refractivity contribution in [2.24, 2.45) is 5.92 Å². The van der Waals surface area contributed by atoms with Crippen molar-refractivity contribution in [2.75, 3.05) is 0 Å². The number of hydrogen-bond donors (Lipinski definition) is 0. The first-order valence-corrected chi connectivity index (χ1v) is 7.53. The predicted molar refractivity (Wildman–Crippen MR) is 85.8 cm³/mol. The van der Waals surface area contributed by atoms with Crippen molar-refractivity contribution in [3.05, 3.63) is 64.8 Å². The molecule has 2 heterocycles. The highest BCUT2D eigenvalue weighted by molar-refractivity contribution is 5.61. The van der Waals surface area contributed by atoms with E-state index in [9.17, 15) is 13.6 Å². The average molecular weight is 330 g/mol. The SMILES string of the molecule is CC(C)Cn1c(-c2c(F)cccc2F)cnc(-n2cccn2)c1=O. The van der Waals surface area contributed by atoms with Gasteiger partial charge in [-0.25, -0.2) is 18.4 Å². The van der Waals surface area contributed by atoms with Crippen molar-refractivity contribution < 1.29 is 8.78 Å². The lowest BCUT2D eigenvalue weighted by atomic mass is 10.1. The van der Waals surface area contributed by atoms with Crippen molar-refractivity contribution in [1.29, 1.82) is 0 Å². The molecular weight excluding hydrogens is 314 g/mol. The quantitative estimate of drug-likeness (QED) is 0.739. The summed E-state index contributed by atoms with van der Waals surface area (Å²) < 4.78 is 31.0. The molecule has 0 amide bonds. The van der Waals surface area contributed by atoms with Gasteiger partial charge in [-0.15, -0.1) is 0 Å². The summed E-state index contributed by atoms with van der Waals surface area (Å²) in [5.74, 6) is -1.29. The maximum Gasteiger partial charge on any atom is 0.296 e. The van der Waals surface area contributed by atoms with Crippen LogP contribution in [-0.2, 0) is 6.54 Å². The van der Waals surface area contributed by atoms with Crippen LogP contribution in [0.25, 0.3) is 17.1 Å². The summed E-state index contributed by atoms with van der Waals surface area (Å²) in [6, 6.07) is 5.26. The van der Waals surface area contributed by atoms with E-state index in [1.807, 2.05) is 13.8 Å². The fourth-order valence-electron chi connectivity index (χ4n) is 2.52. The summed E-state index contributed by atoms with van der Waals surface area (Å²) in [6.45, 7) is 4.14. The molecule has 0 aliphatic carbocycles. The summed E-state index contributed by atoms with van der Waals surface area (Å²) in [5, 5.41) is 4.00. The third-order valence-corrected chi connectivity index (χ3v) is 3.52. The van der Waals surface area contributed by atoms with Gasteiger partial charge in [-0.05, 0) is 24.1 Å². The van der Waals surface area contributed by atoms with Gasteiger partial charge < -0.3 is 4.57 Å². The fourth-order valence-corrected chi connectivity index (χ4v) is 2.52. The second kappa shape index (κ2) is 6.35. The highest BCUT2D eigenvalue weighted by Crippen LogP contribution is 2.25. The summed E-state index contributed by atoms with van der Waals surface area (Å²) in [6.07, 6.45) is 4.42. The van der Waals surface area contributed by atoms with Crippen LogP contribution < -0.4 is 5.56 Å². The van der Waals surface area contributed by atoms with E-state index >= 15 is 0 Å². The minimum absolute atomic E-state index is 0.0844. The van der Waals surface area contributed by atoms with E-state index in [4.69, 9.17) is 0 Å². The molecule has 0 saturated heterocycles. The van der Waals surface area contributed by atoms with Gasteiger partial charge in [0.15, 0.2) is 0 Å². The molecule has 2 aromatic heterocycles. The molecule has 0 atom stereocenters. The molecule has 124 valence electrons. The molecule has 0 N–H and O–H groups in total. The Hall–Kier alpha value is -2.83. The molecule has 5 nitrogen and oxygen atoms in total. The van der Waals surface area contributed by atoms with Gasteiger partial charge in [0.2, 0.25) is 5.82 Å². The molecule has 0 aliphatic heterocycles. The number of aromatic nitrogens is 4. The van der Waals surface area contributed by atoms with E-state index in [1.165, 1.54) is 27.7 Å². The first kappa shape index (κ1) is 16.0. The fraction of sp³-hybridized carbons (Fsp3) is 0.235. The van der Waals surface area contributed by atoms with Crippen LogP contribution in [0.15, 0.2) is 47.7 Å². The van der Waals surface area contributed by atoms with Crippen molar-refractivity contribution >= 4 is 0 Å². The third-order valence-electron chi connectivity index (χ3n) is 3.52. The Labute approximate surface area is 137 Å². The molecule has 0 saturated carbocycles. The lowest BCUT2D eigenvalue weighted by Crippen LogP contribution is -2.29. The molecule has 0 bridgehead atoms. The smallest absolute Gasteiger partial charge is 0.296 e. The van der Waals surface area contributed by atoms with Gasteiger partial charge in [0, 0.05) is 18.9 Å². The van der Waals surface area contributed by atoms with E-state index in [1.54, 1.807) is 12.3 Å². The summed E-state index contributed by atoms with van der Waals surface area (Å²) in [5.41, 5.74) is -0.595. The van der Waals surface area contributed by atoms with Crippen LogP contribution in [0.5, 0.6) is 0 Å². The van der Waals surface area contributed by atoms with Gasteiger partial charge >= 0.3 is 0 Å². The van der Waals surface area contributed by atoms with Crippen molar-refractivity contribution in [1.82, 2.24) is 19.3 Å². The molecule has 24 heavy (non-hydrogen) atoms. The Morgan fingerprint density at radius 1 is 1.17 bits per heavy atom. The Morgan fingerprint density at radius 3 is 2.46 bits per heavy atom. The second-order valence-corrected chi connectivity index (χ2v) is 5.82. The zero-order valence-electron chi connectivity index (χ0n) is 13.3. The maximum absolute atomic E-state index is 14.2. The standard InChI is InChI=1S/C17H16F2N4O/c1-11(2)10-22-14(15-12(18)5-3-6-13(15)19)9-20-16(17(22)24)23-8-4-7-21-23/h3-9,11H,10H2,1-2H3. The van der Waals surface area contributed by atoms with Crippen LogP contribution in [0, 0.1) is 17.6 Å². The van der Waals surface area contributed by atoms with Crippen molar-refractivity contribution in [3.8, 4) is 17.1 Å². The molecule has 3 rings (SSSR count). The normalized spacial score (nSPS) is 11.2. The van der Waals surface area contributed by atoms with Gasteiger partial charge in [0.05, 0.1) is 17.5 Å². The minimum atomic E-state index is -0.736. The zero-order chi connectivity index (χ0) is 17.3. The Balaban J connectivity index is 2.27. The molecule has 3 aromatic rings. The maximum atomic E-state index is 14.2. The number of hydrogen-bond acceptors (Lipinski definition) is 3. The van der Waals surface area contributed by atoms with Crippen LogP contribution in [0.3, 0.4) is 0 Å². The molecular formula is C17H16F2N4O. The van der Waals surface area contributed by atoms with Crippen LogP contribution in [-0.4, -0.2) is 19.3 Å². The first-order chi connectivity index (χ1) is 11.5. The van der Waals surface area contributed by atoms with Crippen LogP contribution in [0.1, 0.15) is 13.8 Å². The molecule has 0 spiro atoms. The highest BCUT2D eigenvalue weighted by atomic mass is 19.1. The van der Waals surface area contributed by atoms with Gasteiger partial charge in [-0.3, -0.25) is 4.79 Å². The van der Waals surface area contributed by atoms with E-state index < -0.39 is 17.2 Å². The summed E-state index contributed by atoms with van der Waals surface area (Å²) in [7, 11) is 0. The number of rotatable bonds is 4. The van der Waals surface area contributed by atoms with Crippen LogP contribution >= 0.6 is 0 Å². The molecule has 0 radical (unpaired) electrons. The van der Waals surface area contributed by atoms with E-state index in [-0.39, 0.29) is 23.0 Å². The zero-order valence-corrected chi connectivity index (χ0v) is 13.3. The van der Waals surface area contributed by atoms with E-state index in [0.29, 0.717) is 6.54 Å². The first-order valence-electron chi connectivity index (χ1n) is 7.53. The number of benzene rings is 1. The number of halogens is 2. The highest BCUT2D eigenvalue weighted by Gasteiger charge is 2.19. The minimum Gasteiger partial charge on any atom is -0.303 e. The van der Waals surface area contributed by atoms with Gasteiger partial charge in [-0.2, -0.15) is 5.10 Å². The number of nitrogens with zero attached hydrogens (tertiary/aromatic N) is 4. The third kappa shape index (κ3) is 2.84. The second-order valence-electron chi connectivity index (χ2n) is 5.82. The van der Waals surface area contributed by atoms with E-state index in [0.717, 1.165) is 12.1 Å². The van der Waals surface area contributed by atoms with Gasteiger partial charge in [0.25, 0.3) is 5.56 Å². The van der Waals surface area contributed by atoms with E-state index in [2.05, 4.69) is 10.1 Å². The van der Waals surface area contributed by atoms with Crippen LogP contribution in [0.2, 0.25) is 0 Å². The summed E-state index contributed by atoms with van der Waals surface area (Å²) in [4.78, 5) is 16.9. The summed E-state index contributed by atoms with van der Waals surface area (Å²) >= 11 is 0. The molecule has 0 fully saturated rings. The largest absolute Gasteiger partial charge is 0.303 e. The molecule has 0 unspecified atom stereocenters. The van der Waals surface area contributed by atoms with Gasteiger partial charge in [-0.1, -0.05) is 19.9 Å². The predicted octanol–water partition coefficient (Wildman–Crippen LogP) is 3.03. The lowest BCUT2D eigenvalue weighted by molar-refractivity contribution is 0.506. The van der Waals surface area contributed by atoms with Crippen molar-refractivity contribution in [2.45, 2.75) is 20.4 Å². The molecule has 1 aromatic carbocycles. The lowest BCUT2D eigenvalue weighted by Gasteiger charge is -2.16. The molecule has 0 aliphatic rings. The Morgan fingerprint density at radius 2 is 1.88 bits per heavy atom. The van der Waals surface area contributed by atoms with Gasteiger partial charge in [0.1, 0.15) is 11.6 Å². The molecule has 7 heteroatoms. The Bertz CT molecular complexity index is 897. The van der Waals surface area contributed by atoms with Crippen LogP contribution in [0.4, 0.5) is 8.78 Å².